The zero-order valence-electron chi connectivity index (χ0n) is 19.4. The van der Waals surface area contributed by atoms with Crippen LogP contribution in [0.4, 0.5) is 0 Å². The number of carboxylic acids is 1. The average molecular weight is 454 g/mol. The number of ether oxygens (including phenoxy) is 4. The van der Waals surface area contributed by atoms with Crippen molar-refractivity contribution in [3.8, 4) is 34.8 Å². The molecular weight excluding hydrogens is 422 g/mol. The first-order valence-corrected chi connectivity index (χ1v) is 11.1. The zero-order valence-corrected chi connectivity index (χ0v) is 19.4. The fourth-order valence-corrected chi connectivity index (χ4v) is 3.16. The molecule has 7 heteroatoms. The van der Waals surface area contributed by atoms with E-state index in [0.29, 0.717) is 42.1 Å². The van der Waals surface area contributed by atoms with Gasteiger partial charge in [0.2, 0.25) is 0 Å². The largest absolute Gasteiger partial charge is 0.493 e. The van der Waals surface area contributed by atoms with E-state index in [4.69, 9.17) is 24.1 Å². The minimum atomic E-state index is -1.02. The number of rotatable bonds is 9. The van der Waals surface area contributed by atoms with Crippen LogP contribution >= 0.6 is 0 Å². The molecule has 1 aliphatic heterocycles. The Morgan fingerprint density at radius 2 is 1.85 bits per heavy atom. The van der Waals surface area contributed by atoms with Crippen LogP contribution in [-0.4, -0.2) is 62.0 Å². The molecular formula is C26H31NO6. The Bertz CT molecular complexity index is 1000. The minimum absolute atomic E-state index is 0.388. The molecule has 0 aromatic heterocycles. The van der Waals surface area contributed by atoms with Gasteiger partial charge >= 0.3 is 5.97 Å². The fourth-order valence-electron chi connectivity index (χ4n) is 3.16. The lowest BCUT2D eigenvalue weighted by Gasteiger charge is -2.24. The Hall–Kier alpha value is -3.21. The Morgan fingerprint density at radius 3 is 2.55 bits per heavy atom. The molecule has 1 aliphatic rings. The summed E-state index contributed by atoms with van der Waals surface area (Å²) in [6, 6.07) is 10.9. The lowest BCUT2D eigenvalue weighted by molar-refractivity contribution is -0.139. The molecule has 0 atom stereocenters. The molecule has 0 unspecified atom stereocenters. The molecule has 2 aromatic rings. The molecule has 1 heterocycles. The van der Waals surface area contributed by atoms with Crippen LogP contribution in [0, 0.1) is 24.7 Å². The van der Waals surface area contributed by atoms with Crippen LogP contribution in [0.5, 0.6) is 23.0 Å². The number of carbonyl (C=O) groups is 1. The number of hydrogen-bond donors (Lipinski definition) is 1. The summed E-state index contributed by atoms with van der Waals surface area (Å²) in [5, 5.41) is 8.78. The zero-order chi connectivity index (χ0) is 23.6. The van der Waals surface area contributed by atoms with E-state index in [1.54, 1.807) is 18.2 Å². The molecule has 7 nitrogen and oxygen atoms in total. The summed E-state index contributed by atoms with van der Waals surface area (Å²) in [4.78, 5) is 13.0. The summed E-state index contributed by atoms with van der Waals surface area (Å²) in [6.07, 6.45) is 0. The average Bonchev–Trinajstić information content (AvgIpc) is 2.78. The van der Waals surface area contributed by atoms with E-state index in [1.807, 2.05) is 25.1 Å². The highest BCUT2D eigenvalue weighted by Gasteiger charge is 2.10. The maximum Gasteiger partial charge on any atom is 0.341 e. The summed E-state index contributed by atoms with van der Waals surface area (Å²) >= 11 is 0. The number of aryl methyl sites for hydroxylation is 1. The molecule has 1 fully saturated rings. The van der Waals surface area contributed by atoms with Crippen molar-refractivity contribution in [1.29, 1.82) is 0 Å². The maximum atomic E-state index is 10.7. The molecule has 0 radical (unpaired) electrons. The van der Waals surface area contributed by atoms with Crippen molar-refractivity contribution in [2.24, 2.45) is 5.92 Å². The third kappa shape index (κ3) is 8.33. The van der Waals surface area contributed by atoms with E-state index in [9.17, 15) is 4.79 Å². The standard InChI is InChI=1S/C26H31NO6/c1-19(2)17-31-23-14-21(5-4-8-27-9-11-30-12-10-27)15-24(16-23)33-25-7-6-22(13-20(25)3)32-18-26(28)29/h6-7,13-16,19H,8-12,17-18H2,1-3H3,(H,28,29). The molecule has 3 rings (SSSR count). The van der Waals surface area contributed by atoms with E-state index >= 15 is 0 Å². The van der Waals surface area contributed by atoms with Crippen molar-refractivity contribution < 1.29 is 28.8 Å². The van der Waals surface area contributed by atoms with Crippen LogP contribution < -0.4 is 14.2 Å². The van der Waals surface area contributed by atoms with E-state index in [0.717, 1.165) is 37.4 Å². The molecule has 176 valence electrons. The summed E-state index contributed by atoms with van der Waals surface area (Å²) in [6.45, 7) is 10.3. The lowest BCUT2D eigenvalue weighted by Crippen LogP contribution is -2.36. The van der Waals surface area contributed by atoms with Crippen molar-refractivity contribution >= 4 is 5.97 Å². The molecule has 1 N–H and O–H groups in total. The van der Waals surface area contributed by atoms with Gasteiger partial charge in [-0.15, -0.1) is 0 Å². The van der Waals surface area contributed by atoms with Crippen LogP contribution in [0.2, 0.25) is 0 Å². The van der Waals surface area contributed by atoms with Gasteiger partial charge in [0.15, 0.2) is 6.61 Å². The fraction of sp³-hybridized carbons (Fsp3) is 0.423. The molecule has 0 spiro atoms. The number of morpholine rings is 1. The molecule has 0 bridgehead atoms. The van der Waals surface area contributed by atoms with Gasteiger partial charge in [-0.3, -0.25) is 4.90 Å². The highest BCUT2D eigenvalue weighted by atomic mass is 16.5. The predicted molar refractivity (Wildman–Crippen MR) is 125 cm³/mol. The summed E-state index contributed by atoms with van der Waals surface area (Å²) in [7, 11) is 0. The van der Waals surface area contributed by atoms with Gasteiger partial charge < -0.3 is 24.1 Å². The lowest BCUT2D eigenvalue weighted by atomic mass is 10.2. The summed E-state index contributed by atoms with van der Waals surface area (Å²) in [5.74, 6) is 8.29. The van der Waals surface area contributed by atoms with E-state index < -0.39 is 5.97 Å². The Labute approximate surface area is 195 Å². The first-order valence-electron chi connectivity index (χ1n) is 11.1. The number of carboxylic acid groups (broad SMARTS) is 1. The van der Waals surface area contributed by atoms with Gasteiger partial charge in [0, 0.05) is 24.7 Å². The second-order valence-corrected chi connectivity index (χ2v) is 8.30. The summed E-state index contributed by atoms with van der Waals surface area (Å²) < 4.78 is 22.7. The number of aliphatic carboxylic acids is 1. The molecule has 1 saturated heterocycles. The van der Waals surface area contributed by atoms with E-state index in [-0.39, 0.29) is 6.61 Å². The Morgan fingerprint density at radius 1 is 1.09 bits per heavy atom. The monoisotopic (exact) mass is 453 g/mol. The second-order valence-electron chi connectivity index (χ2n) is 8.30. The quantitative estimate of drug-likeness (QED) is 0.576. The second kappa shape index (κ2) is 12.1. The molecule has 0 amide bonds. The van der Waals surface area contributed by atoms with Crippen LogP contribution in [0.15, 0.2) is 36.4 Å². The van der Waals surface area contributed by atoms with Crippen molar-refractivity contribution in [3.63, 3.8) is 0 Å². The highest BCUT2D eigenvalue weighted by molar-refractivity contribution is 5.68. The molecule has 0 aliphatic carbocycles. The first kappa shape index (κ1) is 24.4. The Balaban J connectivity index is 1.76. The third-order valence-electron chi connectivity index (χ3n) is 4.84. The van der Waals surface area contributed by atoms with Gasteiger partial charge in [0.05, 0.1) is 26.4 Å². The van der Waals surface area contributed by atoms with Crippen LogP contribution in [0.25, 0.3) is 0 Å². The van der Waals surface area contributed by atoms with Crippen molar-refractivity contribution in [3.05, 3.63) is 47.5 Å². The van der Waals surface area contributed by atoms with Crippen LogP contribution in [0.3, 0.4) is 0 Å². The highest BCUT2D eigenvalue weighted by Crippen LogP contribution is 2.31. The van der Waals surface area contributed by atoms with Crippen molar-refractivity contribution in [2.75, 3.05) is 46.1 Å². The van der Waals surface area contributed by atoms with Gasteiger partial charge in [0.25, 0.3) is 0 Å². The molecule has 2 aromatic carbocycles. The molecule has 0 saturated carbocycles. The summed E-state index contributed by atoms with van der Waals surface area (Å²) in [5.41, 5.74) is 1.64. The van der Waals surface area contributed by atoms with Gasteiger partial charge in [-0.05, 0) is 48.7 Å². The van der Waals surface area contributed by atoms with Crippen LogP contribution in [0.1, 0.15) is 25.0 Å². The van der Waals surface area contributed by atoms with Gasteiger partial charge in [-0.25, -0.2) is 4.79 Å². The predicted octanol–water partition coefficient (Wildman–Crippen LogP) is 3.97. The molecule has 33 heavy (non-hydrogen) atoms. The van der Waals surface area contributed by atoms with Gasteiger partial charge in [0.1, 0.15) is 23.0 Å². The number of hydrogen-bond acceptors (Lipinski definition) is 6. The Kier molecular flexibility index (Phi) is 8.99. The third-order valence-corrected chi connectivity index (χ3v) is 4.84. The van der Waals surface area contributed by atoms with Gasteiger partial charge in [-0.2, -0.15) is 0 Å². The minimum Gasteiger partial charge on any atom is -0.493 e. The van der Waals surface area contributed by atoms with E-state index in [1.165, 1.54) is 0 Å². The SMILES string of the molecule is Cc1cc(OCC(=O)O)ccc1Oc1cc(C#CCN2CCOCC2)cc(OCC(C)C)c1. The topological polar surface area (TPSA) is 77.5 Å². The van der Waals surface area contributed by atoms with Crippen LogP contribution in [-0.2, 0) is 9.53 Å². The normalized spacial score (nSPS) is 13.8. The number of benzene rings is 2. The van der Waals surface area contributed by atoms with Crippen molar-refractivity contribution in [2.45, 2.75) is 20.8 Å². The smallest absolute Gasteiger partial charge is 0.341 e. The first-order chi connectivity index (χ1) is 15.9. The maximum absolute atomic E-state index is 10.7. The van der Waals surface area contributed by atoms with E-state index in [2.05, 4.69) is 30.6 Å². The van der Waals surface area contributed by atoms with Crippen molar-refractivity contribution in [1.82, 2.24) is 4.90 Å². The number of nitrogens with zero attached hydrogens (tertiary/aromatic N) is 1. The van der Waals surface area contributed by atoms with Gasteiger partial charge in [-0.1, -0.05) is 25.7 Å².